The molecule has 0 heterocycles. The third-order valence-electron chi connectivity index (χ3n) is 5.72. The molecule has 24 heavy (non-hydrogen) atoms. The van der Waals surface area contributed by atoms with Crippen molar-refractivity contribution in [3.05, 3.63) is 82.4 Å². The summed E-state index contributed by atoms with van der Waals surface area (Å²) in [6.45, 7) is 4.46. The van der Waals surface area contributed by atoms with Crippen LogP contribution < -0.4 is 0 Å². The van der Waals surface area contributed by atoms with Crippen molar-refractivity contribution >= 4 is 10.8 Å². The maximum Gasteiger partial charge on any atom is -0.0118 e. The molecule has 0 heteroatoms. The van der Waals surface area contributed by atoms with Gasteiger partial charge in [0.15, 0.2) is 0 Å². The summed E-state index contributed by atoms with van der Waals surface area (Å²) in [4.78, 5) is 0. The second kappa shape index (κ2) is 6.43. The minimum Gasteiger partial charge on any atom is -0.0613 e. The largest absolute Gasteiger partial charge is 0.0613 e. The summed E-state index contributed by atoms with van der Waals surface area (Å²) >= 11 is 0. The number of benzene rings is 3. The van der Waals surface area contributed by atoms with E-state index < -0.39 is 0 Å². The van der Waals surface area contributed by atoms with Gasteiger partial charge in [-0.3, -0.25) is 0 Å². The van der Waals surface area contributed by atoms with Gasteiger partial charge in [0.05, 0.1) is 0 Å². The average Bonchev–Trinajstić information content (AvgIpc) is 2.66. The molecule has 0 spiro atoms. The van der Waals surface area contributed by atoms with Crippen LogP contribution in [-0.2, 0) is 25.7 Å². The zero-order chi connectivity index (χ0) is 16.5. The molecule has 1 aliphatic carbocycles. The van der Waals surface area contributed by atoms with E-state index in [0.29, 0.717) is 5.92 Å². The molecule has 0 radical (unpaired) electrons. The van der Waals surface area contributed by atoms with E-state index >= 15 is 0 Å². The highest BCUT2D eigenvalue weighted by molar-refractivity contribution is 5.84. The third-order valence-corrected chi connectivity index (χ3v) is 5.72. The Morgan fingerprint density at radius 2 is 1.46 bits per heavy atom. The third kappa shape index (κ3) is 2.86. The molecule has 0 aromatic heterocycles. The maximum absolute atomic E-state index is 2.43. The van der Waals surface area contributed by atoms with Crippen LogP contribution in [0.1, 0.15) is 54.0 Å². The van der Waals surface area contributed by atoms with Crippen molar-refractivity contribution in [2.24, 2.45) is 0 Å². The summed E-state index contributed by atoms with van der Waals surface area (Å²) in [6.07, 6.45) is 5.94. The van der Waals surface area contributed by atoms with Gasteiger partial charge in [0, 0.05) is 0 Å². The van der Waals surface area contributed by atoms with Crippen LogP contribution in [-0.4, -0.2) is 0 Å². The first-order chi connectivity index (χ1) is 11.8. The highest BCUT2D eigenvalue weighted by Gasteiger charge is 2.20. The molecule has 1 aliphatic rings. The first-order valence-electron chi connectivity index (χ1n) is 9.40. The van der Waals surface area contributed by atoms with Gasteiger partial charge in [-0.2, -0.15) is 0 Å². The molecule has 4 rings (SSSR count). The van der Waals surface area contributed by atoms with Gasteiger partial charge in [0.25, 0.3) is 0 Å². The van der Waals surface area contributed by atoms with Gasteiger partial charge in [-0.1, -0.05) is 68.4 Å². The molecule has 3 aromatic rings. The molecule has 1 unspecified atom stereocenters. The van der Waals surface area contributed by atoms with E-state index in [-0.39, 0.29) is 0 Å². The van der Waals surface area contributed by atoms with Crippen molar-refractivity contribution in [3.63, 3.8) is 0 Å². The summed E-state index contributed by atoms with van der Waals surface area (Å²) in [6, 6.07) is 21.1. The molecule has 0 fully saturated rings. The van der Waals surface area contributed by atoms with Gasteiger partial charge in [-0.05, 0) is 76.6 Å². The minimum atomic E-state index is 0.667. The fourth-order valence-electron chi connectivity index (χ4n) is 4.10. The first kappa shape index (κ1) is 15.4. The van der Waals surface area contributed by atoms with Crippen molar-refractivity contribution in [2.75, 3.05) is 0 Å². The zero-order valence-corrected chi connectivity index (χ0v) is 14.8. The molecule has 3 aromatic carbocycles. The fourth-order valence-corrected chi connectivity index (χ4v) is 4.10. The highest BCUT2D eigenvalue weighted by Crippen LogP contribution is 2.34. The van der Waals surface area contributed by atoms with Gasteiger partial charge in [-0.25, -0.2) is 0 Å². The van der Waals surface area contributed by atoms with Gasteiger partial charge < -0.3 is 0 Å². The number of hydrogen-bond donors (Lipinski definition) is 0. The molecule has 0 nitrogen and oxygen atoms in total. The Balaban J connectivity index is 1.63. The van der Waals surface area contributed by atoms with E-state index in [0.717, 1.165) is 12.8 Å². The Hall–Kier alpha value is -2.08. The van der Waals surface area contributed by atoms with E-state index in [9.17, 15) is 0 Å². The van der Waals surface area contributed by atoms with E-state index in [1.807, 2.05) is 0 Å². The van der Waals surface area contributed by atoms with Crippen LogP contribution in [0.2, 0.25) is 0 Å². The lowest BCUT2D eigenvalue weighted by Gasteiger charge is -2.26. The Morgan fingerprint density at radius 3 is 2.29 bits per heavy atom. The molecular formula is C24H26. The normalized spacial score (nSPS) is 17.0. The summed E-state index contributed by atoms with van der Waals surface area (Å²) in [5.41, 5.74) is 7.55. The molecule has 0 saturated heterocycles. The minimum absolute atomic E-state index is 0.667. The average molecular weight is 314 g/mol. The number of hydrogen-bond acceptors (Lipinski definition) is 0. The van der Waals surface area contributed by atoms with Crippen LogP contribution in [0.5, 0.6) is 0 Å². The zero-order valence-electron chi connectivity index (χ0n) is 14.8. The lowest BCUT2D eigenvalue weighted by molar-refractivity contribution is 0.585. The van der Waals surface area contributed by atoms with E-state index in [1.54, 1.807) is 11.1 Å². The number of rotatable bonds is 3. The summed E-state index contributed by atoms with van der Waals surface area (Å²) in [7, 11) is 0. The molecule has 1 atom stereocenters. The molecule has 0 bridgehead atoms. The van der Waals surface area contributed by atoms with Gasteiger partial charge in [0.1, 0.15) is 0 Å². The standard InChI is InChI=1S/C24H26/c1-3-17-5-7-21-15-23(11-9-19(21)13-17)24-12-10-20-14-18(4-2)6-8-22(20)16-24/h5-9,11,13-15,24H,3-4,10,12,16H2,1-2H3. The van der Waals surface area contributed by atoms with E-state index in [4.69, 9.17) is 0 Å². The Bertz CT molecular complexity index is 872. The van der Waals surface area contributed by atoms with Crippen molar-refractivity contribution in [1.82, 2.24) is 0 Å². The quantitative estimate of drug-likeness (QED) is 0.537. The number of aryl methyl sites for hydroxylation is 3. The molecular weight excluding hydrogens is 288 g/mol. The van der Waals surface area contributed by atoms with Crippen LogP contribution in [0, 0.1) is 0 Å². The van der Waals surface area contributed by atoms with Crippen LogP contribution in [0.15, 0.2) is 54.6 Å². The van der Waals surface area contributed by atoms with Gasteiger partial charge in [-0.15, -0.1) is 0 Å². The van der Waals surface area contributed by atoms with Crippen molar-refractivity contribution in [3.8, 4) is 0 Å². The SMILES string of the molecule is CCc1ccc2c(c1)CCC(c1ccc3cc(CC)ccc3c1)C2. The summed E-state index contributed by atoms with van der Waals surface area (Å²) in [5.74, 6) is 0.667. The van der Waals surface area contributed by atoms with Crippen molar-refractivity contribution in [1.29, 1.82) is 0 Å². The lowest BCUT2D eigenvalue weighted by Crippen LogP contribution is -2.13. The molecule has 0 saturated carbocycles. The fraction of sp³-hybridized carbons (Fsp3) is 0.333. The van der Waals surface area contributed by atoms with Crippen LogP contribution in [0.3, 0.4) is 0 Å². The molecule has 0 aliphatic heterocycles. The lowest BCUT2D eigenvalue weighted by atomic mass is 9.79. The van der Waals surface area contributed by atoms with E-state index in [1.165, 1.54) is 46.7 Å². The molecule has 0 amide bonds. The van der Waals surface area contributed by atoms with Crippen molar-refractivity contribution in [2.45, 2.75) is 51.9 Å². The van der Waals surface area contributed by atoms with Crippen LogP contribution in [0.4, 0.5) is 0 Å². The van der Waals surface area contributed by atoms with Crippen molar-refractivity contribution < 1.29 is 0 Å². The molecule has 0 N–H and O–H groups in total. The summed E-state index contributed by atoms with van der Waals surface area (Å²) in [5, 5.41) is 2.76. The Labute approximate surface area is 145 Å². The first-order valence-corrected chi connectivity index (χ1v) is 9.40. The number of fused-ring (bicyclic) bond motifs is 2. The van der Waals surface area contributed by atoms with Gasteiger partial charge in [0.2, 0.25) is 0 Å². The Morgan fingerprint density at radius 1 is 0.750 bits per heavy atom. The second-order valence-corrected chi connectivity index (χ2v) is 7.19. The molecule has 122 valence electrons. The predicted molar refractivity (Wildman–Crippen MR) is 104 cm³/mol. The van der Waals surface area contributed by atoms with Crippen LogP contribution in [0.25, 0.3) is 10.8 Å². The summed E-state index contributed by atoms with van der Waals surface area (Å²) < 4.78 is 0. The highest BCUT2D eigenvalue weighted by atomic mass is 14.2. The van der Waals surface area contributed by atoms with Gasteiger partial charge >= 0.3 is 0 Å². The maximum atomic E-state index is 2.43. The monoisotopic (exact) mass is 314 g/mol. The smallest absolute Gasteiger partial charge is 0.0118 e. The Kier molecular flexibility index (Phi) is 4.14. The van der Waals surface area contributed by atoms with Crippen LogP contribution >= 0.6 is 0 Å². The topological polar surface area (TPSA) is 0 Å². The predicted octanol–water partition coefficient (Wildman–Crippen LogP) is 6.24. The second-order valence-electron chi connectivity index (χ2n) is 7.19. The van der Waals surface area contributed by atoms with E-state index in [2.05, 4.69) is 68.4 Å².